The number of phosphoric acid groups is 1. The van der Waals surface area contributed by atoms with Gasteiger partial charge in [0, 0.05) is 25.2 Å². The Morgan fingerprint density at radius 3 is 2.27 bits per heavy atom. The highest BCUT2D eigenvalue weighted by molar-refractivity contribution is 7.46. The maximum atomic E-state index is 12.4. The molecular formula is C36H65O12P. The average Bonchev–Trinajstić information content (AvgIpc) is 3.04. The maximum Gasteiger partial charge on any atom is 0.469 e. The number of aliphatic hydroxyl groups is 3. The number of rotatable bonds is 28. The van der Waals surface area contributed by atoms with E-state index >= 15 is 0 Å². The van der Waals surface area contributed by atoms with Crippen molar-refractivity contribution < 1.29 is 58.0 Å². The van der Waals surface area contributed by atoms with E-state index in [-0.39, 0.29) is 31.8 Å². The molecule has 1 saturated heterocycles. The second-order valence-electron chi connectivity index (χ2n) is 13.3. The van der Waals surface area contributed by atoms with Gasteiger partial charge in [-0.2, -0.15) is 0 Å². The molecular weight excluding hydrogens is 655 g/mol. The summed E-state index contributed by atoms with van der Waals surface area (Å²) < 4.78 is 31.9. The number of ether oxygens (including phenoxy) is 3. The minimum absolute atomic E-state index is 0.0738. The zero-order chi connectivity index (χ0) is 36.5. The molecule has 12 nitrogen and oxygen atoms in total. The molecule has 0 amide bonds. The molecule has 13 heteroatoms. The number of unbranched alkanes of at least 4 members (excludes halogenated alkanes) is 8. The zero-order valence-electron chi connectivity index (χ0n) is 30.0. The summed E-state index contributed by atoms with van der Waals surface area (Å²) in [6.45, 7) is 5.57. The van der Waals surface area contributed by atoms with E-state index in [4.69, 9.17) is 24.0 Å². The first kappa shape index (κ1) is 45.4. The van der Waals surface area contributed by atoms with Gasteiger partial charge in [-0.25, -0.2) is 4.57 Å². The molecule has 0 saturated carbocycles. The molecule has 0 radical (unpaired) electrons. The first-order valence-electron chi connectivity index (χ1n) is 18.4. The molecule has 0 aromatic carbocycles. The summed E-state index contributed by atoms with van der Waals surface area (Å²) in [6.07, 6.45) is 16.9. The summed E-state index contributed by atoms with van der Waals surface area (Å²) in [4.78, 5) is 42.8. The molecule has 0 aliphatic carbocycles. The molecule has 1 aliphatic rings. The van der Waals surface area contributed by atoms with Crippen molar-refractivity contribution in [3.8, 4) is 0 Å². The van der Waals surface area contributed by atoms with E-state index < -0.39 is 57.1 Å². The first-order valence-corrected chi connectivity index (χ1v) is 20.0. The Balaban J connectivity index is 2.42. The third-order valence-corrected chi connectivity index (χ3v) is 9.29. The van der Waals surface area contributed by atoms with Crippen molar-refractivity contribution in [1.29, 1.82) is 0 Å². The summed E-state index contributed by atoms with van der Waals surface area (Å²) in [5, 5.41) is 30.7. The predicted molar refractivity (Wildman–Crippen MR) is 187 cm³/mol. The largest absolute Gasteiger partial charge is 0.469 e. The standard InChI is InChI=1S/C36H65O12P/c1-4-6-13-19-29(37)23-24-33-31(32(38)25-36(41)48-33)20-15-11-12-16-21-34(39)45-26-30(27-46-49(42,43)44)47-35(40)22-17-10-8-7-9-14-18-28(3)5-2/h11,15,23-24,28-33,36-38,41H,4-10,12-14,16-22,25-27H2,1-3H3,(H2,42,43,44)/b15-11-,24-23+/t28?,29-,30+,31-,32-,33+,36?/m0/s1. The summed E-state index contributed by atoms with van der Waals surface area (Å²) in [6, 6.07) is 0. The van der Waals surface area contributed by atoms with E-state index in [1.165, 1.54) is 25.7 Å². The SMILES string of the molecule is CCCCC[C@H](O)/C=C/[C@H]1OC(O)C[C@H](O)[C@@H]1C/C=C\CCCC(=O)OC[C@H](COP(=O)(O)O)OC(=O)CCCCCCCCC(C)CC. The number of phosphoric ester groups is 1. The van der Waals surface area contributed by atoms with Gasteiger partial charge in [0.2, 0.25) is 0 Å². The lowest BCUT2D eigenvalue weighted by molar-refractivity contribution is -0.199. The fourth-order valence-electron chi connectivity index (χ4n) is 5.56. The van der Waals surface area contributed by atoms with E-state index in [0.29, 0.717) is 32.1 Å². The molecule has 0 bridgehead atoms. The number of carbonyl (C=O) groups is 2. The average molecular weight is 721 g/mol. The van der Waals surface area contributed by atoms with Crippen LogP contribution in [0.5, 0.6) is 0 Å². The minimum atomic E-state index is -4.81. The minimum Gasteiger partial charge on any atom is -0.462 e. The number of aliphatic hydroxyl groups excluding tert-OH is 3. The molecule has 7 atom stereocenters. The highest BCUT2D eigenvalue weighted by atomic mass is 31.2. The number of hydrogen-bond donors (Lipinski definition) is 5. The Hall–Kier alpha value is -1.63. The molecule has 0 aromatic heterocycles. The van der Waals surface area contributed by atoms with Crippen LogP contribution in [0.1, 0.15) is 136 Å². The molecule has 0 spiro atoms. The van der Waals surface area contributed by atoms with Crippen LogP contribution in [0.4, 0.5) is 0 Å². The molecule has 1 fully saturated rings. The molecule has 2 unspecified atom stereocenters. The van der Waals surface area contributed by atoms with E-state index in [2.05, 4.69) is 25.3 Å². The summed E-state index contributed by atoms with van der Waals surface area (Å²) in [7, 11) is -4.81. The summed E-state index contributed by atoms with van der Waals surface area (Å²) in [5.41, 5.74) is 0. The van der Waals surface area contributed by atoms with Gasteiger partial charge in [-0.05, 0) is 38.0 Å². The van der Waals surface area contributed by atoms with Gasteiger partial charge in [-0.3, -0.25) is 14.1 Å². The molecule has 1 aliphatic heterocycles. The van der Waals surface area contributed by atoms with Gasteiger partial charge in [0.1, 0.15) is 6.61 Å². The lowest BCUT2D eigenvalue weighted by atomic mass is 9.87. The molecule has 286 valence electrons. The number of allylic oxidation sites excluding steroid dienone is 2. The monoisotopic (exact) mass is 720 g/mol. The van der Waals surface area contributed by atoms with E-state index in [0.717, 1.165) is 44.4 Å². The molecule has 5 N–H and O–H groups in total. The van der Waals surface area contributed by atoms with Crippen LogP contribution in [-0.2, 0) is 32.9 Å². The van der Waals surface area contributed by atoms with Crippen molar-refractivity contribution >= 4 is 19.8 Å². The maximum absolute atomic E-state index is 12.4. The number of esters is 2. The van der Waals surface area contributed by atoms with Crippen molar-refractivity contribution in [2.75, 3.05) is 13.2 Å². The van der Waals surface area contributed by atoms with Gasteiger partial charge < -0.3 is 39.3 Å². The van der Waals surface area contributed by atoms with E-state index in [1.807, 2.05) is 12.2 Å². The third-order valence-electron chi connectivity index (χ3n) is 8.81. The predicted octanol–water partition coefficient (Wildman–Crippen LogP) is 6.42. The van der Waals surface area contributed by atoms with Crippen LogP contribution in [0.3, 0.4) is 0 Å². The highest BCUT2D eigenvalue weighted by Gasteiger charge is 2.35. The number of hydrogen-bond acceptors (Lipinski definition) is 10. The Bertz CT molecular complexity index is 983. The molecule has 0 aromatic rings. The summed E-state index contributed by atoms with van der Waals surface area (Å²) in [5.74, 6) is -0.639. The topological polar surface area (TPSA) is 189 Å². The van der Waals surface area contributed by atoms with Crippen LogP contribution >= 0.6 is 7.82 Å². The Morgan fingerprint density at radius 2 is 1.57 bits per heavy atom. The second-order valence-corrected chi connectivity index (χ2v) is 14.6. The van der Waals surface area contributed by atoms with Gasteiger partial charge in [0.25, 0.3) is 0 Å². The van der Waals surface area contributed by atoms with E-state index in [1.54, 1.807) is 12.2 Å². The van der Waals surface area contributed by atoms with Crippen LogP contribution in [0, 0.1) is 11.8 Å². The summed E-state index contributed by atoms with van der Waals surface area (Å²) >= 11 is 0. The van der Waals surface area contributed by atoms with Gasteiger partial charge in [0.05, 0.1) is 24.9 Å². The first-order chi connectivity index (χ1) is 23.3. The quantitative estimate of drug-likeness (QED) is 0.0259. The van der Waals surface area contributed by atoms with Crippen molar-refractivity contribution in [1.82, 2.24) is 0 Å². The van der Waals surface area contributed by atoms with E-state index in [9.17, 15) is 29.5 Å². The fourth-order valence-corrected chi connectivity index (χ4v) is 5.92. The zero-order valence-corrected chi connectivity index (χ0v) is 30.9. The van der Waals surface area contributed by atoms with Gasteiger partial charge in [0.15, 0.2) is 12.4 Å². The fraction of sp³-hybridized carbons (Fsp3) is 0.833. The van der Waals surface area contributed by atoms with Crippen molar-refractivity contribution in [3.05, 3.63) is 24.3 Å². The van der Waals surface area contributed by atoms with Crippen LogP contribution in [0.2, 0.25) is 0 Å². The lowest BCUT2D eigenvalue weighted by Crippen LogP contribution is -2.43. The normalized spacial score (nSPS) is 22.0. The van der Waals surface area contributed by atoms with Crippen LogP contribution in [0.25, 0.3) is 0 Å². The van der Waals surface area contributed by atoms with Crippen LogP contribution in [0.15, 0.2) is 24.3 Å². The van der Waals surface area contributed by atoms with Gasteiger partial charge >= 0.3 is 19.8 Å². The van der Waals surface area contributed by atoms with Gasteiger partial charge in [-0.15, -0.1) is 0 Å². The smallest absolute Gasteiger partial charge is 0.462 e. The molecule has 1 rings (SSSR count). The van der Waals surface area contributed by atoms with Crippen molar-refractivity contribution in [3.63, 3.8) is 0 Å². The Labute approximate surface area is 293 Å². The van der Waals surface area contributed by atoms with Crippen molar-refractivity contribution in [2.24, 2.45) is 11.8 Å². The van der Waals surface area contributed by atoms with Crippen LogP contribution < -0.4 is 0 Å². The third kappa shape index (κ3) is 24.2. The highest BCUT2D eigenvalue weighted by Crippen LogP contribution is 2.36. The molecule has 49 heavy (non-hydrogen) atoms. The Kier molecular flexibility index (Phi) is 25.1. The Morgan fingerprint density at radius 1 is 0.898 bits per heavy atom. The lowest BCUT2D eigenvalue weighted by Gasteiger charge is -2.36. The number of carbonyl (C=O) groups excluding carboxylic acids is 2. The van der Waals surface area contributed by atoms with Crippen LogP contribution in [-0.4, -0.2) is 81.0 Å². The van der Waals surface area contributed by atoms with Crippen molar-refractivity contribution in [2.45, 2.75) is 167 Å². The van der Waals surface area contributed by atoms with Gasteiger partial charge in [-0.1, -0.05) is 109 Å². The second kappa shape index (κ2) is 27.1. The molecule has 1 heterocycles.